The van der Waals surface area contributed by atoms with E-state index in [1.807, 2.05) is 19.1 Å². The molecule has 1 aromatic rings. The van der Waals surface area contributed by atoms with Crippen molar-refractivity contribution in [1.82, 2.24) is 9.88 Å². The van der Waals surface area contributed by atoms with Crippen LogP contribution in [0.5, 0.6) is 0 Å². The van der Waals surface area contributed by atoms with Gasteiger partial charge in [-0.05, 0) is 25.0 Å². The van der Waals surface area contributed by atoms with Crippen LogP contribution >= 0.6 is 0 Å². The number of likely N-dealkylation sites (tertiary alicyclic amines) is 1. The molecule has 1 saturated heterocycles. The lowest BCUT2D eigenvalue weighted by Crippen LogP contribution is -2.30. The second-order valence-electron chi connectivity index (χ2n) is 4.08. The smallest absolute Gasteiger partial charge is 0.407 e. The van der Waals surface area contributed by atoms with Crippen LogP contribution in [0.15, 0.2) is 18.3 Å². The molecular formula is C11H15N3O2. The summed E-state index contributed by atoms with van der Waals surface area (Å²) in [5, 5.41) is 12.1. The third-order valence-corrected chi connectivity index (χ3v) is 2.72. The molecule has 16 heavy (non-hydrogen) atoms. The highest BCUT2D eigenvalue weighted by atomic mass is 16.4. The Morgan fingerprint density at radius 1 is 1.62 bits per heavy atom. The Labute approximate surface area is 94.1 Å². The number of pyridine rings is 1. The van der Waals surface area contributed by atoms with Crippen molar-refractivity contribution in [1.29, 1.82) is 0 Å². The average molecular weight is 221 g/mol. The Balaban J connectivity index is 1.92. The zero-order valence-electron chi connectivity index (χ0n) is 9.18. The van der Waals surface area contributed by atoms with Gasteiger partial charge in [0.25, 0.3) is 0 Å². The second-order valence-corrected chi connectivity index (χ2v) is 4.08. The van der Waals surface area contributed by atoms with Crippen LogP contribution in [0.4, 0.5) is 10.6 Å². The van der Waals surface area contributed by atoms with Gasteiger partial charge in [0.1, 0.15) is 5.82 Å². The van der Waals surface area contributed by atoms with Crippen molar-refractivity contribution in [2.24, 2.45) is 0 Å². The van der Waals surface area contributed by atoms with E-state index in [1.54, 1.807) is 6.20 Å². The number of aryl methyl sites for hydroxylation is 1. The van der Waals surface area contributed by atoms with Crippen LogP contribution < -0.4 is 5.32 Å². The van der Waals surface area contributed by atoms with Crippen LogP contribution in [0.1, 0.15) is 12.0 Å². The van der Waals surface area contributed by atoms with Gasteiger partial charge in [-0.15, -0.1) is 0 Å². The fraction of sp³-hybridized carbons (Fsp3) is 0.455. The van der Waals surface area contributed by atoms with E-state index in [0.29, 0.717) is 13.1 Å². The lowest BCUT2D eigenvalue weighted by atomic mass is 10.2. The molecule has 0 aromatic carbocycles. The number of anilines is 1. The van der Waals surface area contributed by atoms with E-state index in [4.69, 9.17) is 5.11 Å². The Morgan fingerprint density at radius 2 is 2.44 bits per heavy atom. The van der Waals surface area contributed by atoms with E-state index >= 15 is 0 Å². The number of hydrogen-bond donors (Lipinski definition) is 2. The summed E-state index contributed by atoms with van der Waals surface area (Å²) in [5.41, 5.74) is 1.11. The van der Waals surface area contributed by atoms with Crippen molar-refractivity contribution in [2.75, 3.05) is 18.4 Å². The molecule has 0 saturated carbocycles. The number of aromatic nitrogens is 1. The van der Waals surface area contributed by atoms with E-state index in [9.17, 15) is 4.79 Å². The van der Waals surface area contributed by atoms with Crippen LogP contribution in [-0.2, 0) is 0 Å². The Kier molecular flexibility index (Phi) is 2.94. The molecular weight excluding hydrogens is 206 g/mol. The SMILES string of the molecule is Cc1ccc(NC2CCN(C(=O)O)C2)nc1. The minimum Gasteiger partial charge on any atom is -0.465 e. The number of carboxylic acid groups (broad SMARTS) is 1. The maximum absolute atomic E-state index is 10.7. The number of nitrogens with zero attached hydrogens (tertiary/aromatic N) is 2. The van der Waals surface area contributed by atoms with E-state index in [0.717, 1.165) is 17.8 Å². The molecule has 2 rings (SSSR count). The summed E-state index contributed by atoms with van der Waals surface area (Å²) < 4.78 is 0. The fourth-order valence-corrected chi connectivity index (χ4v) is 1.81. The van der Waals surface area contributed by atoms with Crippen LogP contribution in [0, 0.1) is 6.92 Å². The van der Waals surface area contributed by atoms with Crippen LogP contribution in [-0.4, -0.2) is 40.2 Å². The molecule has 5 nitrogen and oxygen atoms in total. The van der Waals surface area contributed by atoms with Gasteiger partial charge < -0.3 is 15.3 Å². The average Bonchev–Trinajstić information content (AvgIpc) is 2.70. The highest BCUT2D eigenvalue weighted by molar-refractivity contribution is 5.65. The first-order chi connectivity index (χ1) is 7.65. The third kappa shape index (κ3) is 2.42. The van der Waals surface area contributed by atoms with Gasteiger partial charge in [0.15, 0.2) is 0 Å². The predicted octanol–water partition coefficient (Wildman–Crippen LogP) is 1.55. The molecule has 0 bridgehead atoms. The van der Waals surface area contributed by atoms with Gasteiger partial charge in [0, 0.05) is 25.3 Å². The summed E-state index contributed by atoms with van der Waals surface area (Å²) >= 11 is 0. The van der Waals surface area contributed by atoms with Crippen molar-refractivity contribution < 1.29 is 9.90 Å². The first kappa shape index (κ1) is 10.7. The molecule has 1 atom stereocenters. The standard InChI is InChI=1S/C11H15N3O2/c1-8-2-3-10(12-6-8)13-9-4-5-14(7-9)11(15)16/h2-3,6,9H,4-5,7H2,1H3,(H,12,13)(H,15,16). The normalized spacial score (nSPS) is 19.8. The highest BCUT2D eigenvalue weighted by Gasteiger charge is 2.25. The summed E-state index contributed by atoms with van der Waals surface area (Å²) in [6, 6.07) is 4.07. The number of rotatable bonds is 2. The molecule has 0 aliphatic carbocycles. The molecule has 1 aliphatic rings. The number of amides is 1. The Hall–Kier alpha value is -1.78. The Bertz CT molecular complexity index is 377. The molecule has 2 heterocycles. The number of hydrogen-bond acceptors (Lipinski definition) is 3. The highest BCUT2D eigenvalue weighted by Crippen LogP contribution is 2.14. The molecule has 1 unspecified atom stereocenters. The molecule has 0 radical (unpaired) electrons. The summed E-state index contributed by atoms with van der Waals surface area (Å²) in [7, 11) is 0. The van der Waals surface area contributed by atoms with Crippen molar-refractivity contribution in [2.45, 2.75) is 19.4 Å². The zero-order chi connectivity index (χ0) is 11.5. The minimum atomic E-state index is -0.846. The van der Waals surface area contributed by atoms with Crippen LogP contribution in [0.25, 0.3) is 0 Å². The van der Waals surface area contributed by atoms with Gasteiger partial charge >= 0.3 is 6.09 Å². The molecule has 1 aromatic heterocycles. The van der Waals surface area contributed by atoms with Crippen molar-refractivity contribution in [3.63, 3.8) is 0 Å². The van der Waals surface area contributed by atoms with Gasteiger partial charge in [-0.3, -0.25) is 0 Å². The van der Waals surface area contributed by atoms with Crippen LogP contribution in [0.2, 0.25) is 0 Å². The van der Waals surface area contributed by atoms with Gasteiger partial charge in [-0.1, -0.05) is 6.07 Å². The van der Waals surface area contributed by atoms with Crippen molar-refractivity contribution >= 4 is 11.9 Å². The van der Waals surface area contributed by atoms with E-state index in [2.05, 4.69) is 10.3 Å². The fourth-order valence-electron chi connectivity index (χ4n) is 1.81. The largest absolute Gasteiger partial charge is 0.465 e. The van der Waals surface area contributed by atoms with E-state index in [-0.39, 0.29) is 6.04 Å². The van der Waals surface area contributed by atoms with Gasteiger partial charge in [-0.25, -0.2) is 9.78 Å². The number of carbonyl (C=O) groups is 1. The molecule has 5 heteroatoms. The first-order valence-electron chi connectivity index (χ1n) is 5.32. The topological polar surface area (TPSA) is 65.5 Å². The lowest BCUT2D eigenvalue weighted by Gasteiger charge is -2.14. The Morgan fingerprint density at radius 3 is 3.00 bits per heavy atom. The van der Waals surface area contributed by atoms with Gasteiger partial charge in [0.2, 0.25) is 0 Å². The van der Waals surface area contributed by atoms with Gasteiger partial charge in [0.05, 0.1) is 0 Å². The minimum absolute atomic E-state index is 0.173. The third-order valence-electron chi connectivity index (χ3n) is 2.72. The molecule has 1 amide bonds. The van der Waals surface area contributed by atoms with Crippen molar-refractivity contribution in [3.05, 3.63) is 23.9 Å². The molecule has 2 N–H and O–H groups in total. The van der Waals surface area contributed by atoms with Crippen LogP contribution in [0.3, 0.4) is 0 Å². The number of nitrogens with one attached hydrogen (secondary N) is 1. The predicted molar refractivity (Wildman–Crippen MR) is 60.6 cm³/mol. The summed E-state index contributed by atoms with van der Waals surface area (Å²) in [5.74, 6) is 0.808. The van der Waals surface area contributed by atoms with Crippen molar-refractivity contribution in [3.8, 4) is 0 Å². The summed E-state index contributed by atoms with van der Waals surface area (Å²) in [4.78, 5) is 16.4. The van der Waals surface area contributed by atoms with E-state index < -0.39 is 6.09 Å². The maximum Gasteiger partial charge on any atom is 0.407 e. The van der Waals surface area contributed by atoms with E-state index in [1.165, 1.54) is 4.90 Å². The quantitative estimate of drug-likeness (QED) is 0.795. The first-order valence-corrected chi connectivity index (χ1v) is 5.32. The maximum atomic E-state index is 10.7. The zero-order valence-corrected chi connectivity index (χ0v) is 9.18. The molecule has 1 fully saturated rings. The molecule has 86 valence electrons. The molecule has 0 spiro atoms. The second kappa shape index (κ2) is 4.38. The summed E-state index contributed by atoms with van der Waals surface area (Å²) in [6.07, 6.45) is 1.79. The lowest BCUT2D eigenvalue weighted by molar-refractivity contribution is 0.155. The molecule has 1 aliphatic heterocycles. The van der Waals surface area contributed by atoms with Gasteiger partial charge in [-0.2, -0.15) is 0 Å². The monoisotopic (exact) mass is 221 g/mol. The summed E-state index contributed by atoms with van der Waals surface area (Å²) in [6.45, 7) is 3.11.